The Morgan fingerprint density at radius 2 is 2.19 bits per heavy atom. The molecule has 0 bridgehead atoms. The first-order valence-corrected chi connectivity index (χ1v) is 6.45. The third-order valence-electron chi connectivity index (χ3n) is 4.28. The van der Waals surface area contributed by atoms with Gasteiger partial charge in [0.15, 0.2) is 0 Å². The van der Waals surface area contributed by atoms with E-state index in [0.29, 0.717) is 6.04 Å². The van der Waals surface area contributed by atoms with E-state index in [0.717, 1.165) is 12.5 Å². The van der Waals surface area contributed by atoms with Crippen LogP contribution in [0.15, 0.2) is 12.5 Å². The van der Waals surface area contributed by atoms with E-state index in [-0.39, 0.29) is 5.54 Å². The summed E-state index contributed by atoms with van der Waals surface area (Å²) in [7, 11) is 0. The van der Waals surface area contributed by atoms with Crippen molar-refractivity contribution in [3.05, 3.63) is 18.2 Å². The second kappa shape index (κ2) is 3.59. The minimum atomic E-state index is 0.246. The van der Waals surface area contributed by atoms with Crippen molar-refractivity contribution < 1.29 is 0 Å². The predicted octanol–water partition coefficient (Wildman–Crippen LogP) is 2.45. The van der Waals surface area contributed by atoms with Crippen LogP contribution in [0.4, 0.5) is 0 Å². The first-order valence-electron chi connectivity index (χ1n) is 6.45. The lowest BCUT2D eigenvalue weighted by molar-refractivity contribution is 0.289. The molecule has 0 amide bonds. The van der Waals surface area contributed by atoms with Gasteiger partial charge in [0.05, 0.1) is 12.0 Å². The van der Waals surface area contributed by atoms with Gasteiger partial charge in [-0.3, -0.25) is 0 Å². The molecule has 2 aliphatic rings. The van der Waals surface area contributed by atoms with Crippen molar-refractivity contribution in [1.29, 1.82) is 0 Å². The molecule has 3 heteroatoms. The minimum absolute atomic E-state index is 0.246. The van der Waals surface area contributed by atoms with E-state index in [2.05, 4.69) is 28.7 Å². The second-order valence-electron chi connectivity index (χ2n) is 5.77. The molecular weight excluding hydrogens is 198 g/mol. The van der Waals surface area contributed by atoms with Crippen molar-refractivity contribution in [2.45, 2.75) is 51.1 Å². The molecule has 2 heterocycles. The van der Waals surface area contributed by atoms with Crippen LogP contribution in [0.3, 0.4) is 0 Å². The van der Waals surface area contributed by atoms with Crippen LogP contribution >= 0.6 is 0 Å². The Morgan fingerprint density at radius 1 is 1.38 bits per heavy atom. The van der Waals surface area contributed by atoms with Crippen molar-refractivity contribution in [1.82, 2.24) is 14.9 Å². The molecule has 1 saturated heterocycles. The fraction of sp³-hybridized carbons (Fsp3) is 0.769. The predicted molar refractivity (Wildman–Crippen MR) is 64.3 cm³/mol. The maximum Gasteiger partial charge on any atom is 0.0953 e. The topological polar surface area (TPSA) is 29.9 Å². The van der Waals surface area contributed by atoms with E-state index in [4.69, 9.17) is 0 Å². The molecule has 1 N–H and O–H groups in total. The zero-order valence-corrected chi connectivity index (χ0v) is 10.2. The van der Waals surface area contributed by atoms with E-state index >= 15 is 0 Å². The van der Waals surface area contributed by atoms with Crippen LogP contribution in [0.2, 0.25) is 0 Å². The molecule has 0 radical (unpaired) electrons. The summed E-state index contributed by atoms with van der Waals surface area (Å²) in [6.07, 6.45) is 9.37. The van der Waals surface area contributed by atoms with Crippen LogP contribution < -0.4 is 5.32 Å². The molecule has 1 aromatic heterocycles. The lowest BCUT2D eigenvalue weighted by atomic mass is 9.97. The van der Waals surface area contributed by atoms with Gasteiger partial charge in [-0.05, 0) is 52.0 Å². The van der Waals surface area contributed by atoms with E-state index < -0.39 is 0 Å². The van der Waals surface area contributed by atoms with E-state index in [1.807, 2.05) is 12.5 Å². The molecule has 1 saturated carbocycles. The van der Waals surface area contributed by atoms with Crippen molar-refractivity contribution in [3.8, 4) is 0 Å². The van der Waals surface area contributed by atoms with Gasteiger partial charge in [-0.1, -0.05) is 0 Å². The lowest BCUT2D eigenvalue weighted by Crippen LogP contribution is -2.31. The molecule has 1 aliphatic heterocycles. The number of aromatic nitrogens is 2. The summed E-state index contributed by atoms with van der Waals surface area (Å²) >= 11 is 0. The average molecular weight is 219 g/mol. The van der Waals surface area contributed by atoms with E-state index in [1.54, 1.807) is 0 Å². The quantitative estimate of drug-likeness (QED) is 0.846. The third kappa shape index (κ3) is 1.58. The summed E-state index contributed by atoms with van der Waals surface area (Å²) in [4.78, 5) is 4.37. The van der Waals surface area contributed by atoms with Gasteiger partial charge in [-0.25, -0.2) is 4.98 Å². The van der Waals surface area contributed by atoms with Crippen molar-refractivity contribution in [3.63, 3.8) is 0 Å². The number of hydrogen-bond acceptors (Lipinski definition) is 2. The number of nitrogens with zero attached hydrogens (tertiary/aromatic N) is 2. The maximum absolute atomic E-state index is 4.37. The summed E-state index contributed by atoms with van der Waals surface area (Å²) in [6.45, 7) is 5.86. The molecule has 0 aromatic carbocycles. The third-order valence-corrected chi connectivity index (χ3v) is 4.28. The Kier molecular flexibility index (Phi) is 2.32. The Morgan fingerprint density at radius 3 is 2.81 bits per heavy atom. The van der Waals surface area contributed by atoms with Gasteiger partial charge in [0.1, 0.15) is 0 Å². The monoisotopic (exact) mass is 219 g/mol. The van der Waals surface area contributed by atoms with Gasteiger partial charge in [-0.2, -0.15) is 0 Å². The summed E-state index contributed by atoms with van der Waals surface area (Å²) in [6, 6.07) is 0.528. The number of nitrogens with one attached hydrogen (secondary N) is 1. The fourth-order valence-electron chi connectivity index (χ4n) is 2.97. The fourth-order valence-corrected chi connectivity index (χ4v) is 2.97. The van der Waals surface area contributed by atoms with Crippen molar-refractivity contribution in [2.24, 2.45) is 5.92 Å². The van der Waals surface area contributed by atoms with Crippen molar-refractivity contribution in [2.75, 3.05) is 6.54 Å². The lowest BCUT2D eigenvalue weighted by Gasteiger charge is -2.30. The molecule has 0 spiro atoms. The van der Waals surface area contributed by atoms with Crippen LogP contribution in [0.5, 0.6) is 0 Å². The first kappa shape index (κ1) is 10.3. The highest BCUT2D eigenvalue weighted by Gasteiger charge is 2.40. The zero-order valence-electron chi connectivity index (χ0n) is 10.2. The average Bonchev–Trinajstić information content (AvgIpc) is 2.82. The highest BCUT2D eigenvalue weighted by molar-refractivity contribution is 5.12. The zero-order chi connectivity index (χ0) is 11.2. The Bertz CT molecular complexity index is 370. The molecule has 3 nitrogen and oxygen atoms in total. The van der Waals surface area contributed by atoms with E-state index in [1.165, 1.54) is 31.4 Å². The van der Waals surface area contributed by atoms with Crippen molar-refractivity contribution >= 4 is 0 Å². The standard InChI is InChI=1S/C13H21N3/c1-13(2,10-5-6-10)16-9-14-8-12(16)11-4-3-7-15-11/h8-11,15H,3-7H2,1-2H3. The second-order valence-corrected chi connectivity index (χ2v) is 5.77. The smallest absolute Gasteiger partial charge is 0.0953 e. The molecular formula is C13H21N3. The van der Waals surface area contributed by atoms with Crippen LogP contribution in [0, 0.1) is 5.92 Å². The number of imidazole rings is 1. The van der Waals surface area contributed by atoms with Crippen LogP contribution in [-0.4, -0.2) is 16.1 Å². The molecule has 2 fully saturated rings. The molecule has 1 unspecified atom stereocenters. The van der Waals surface area contributed by atoms with Crippen LogP contribution in [0.1, 0.15) is 51.3 Å². The summed E-state index contributed by atoms with van der Waals surface area (Å²) in [5.74, 6) is 0.849. The molecule has 88 valence electrons. The summed E-state index contributed by atoms with van der Waals surface area (Å²) in [5, 5.41) is 3.57. The molecule has 1 atom stereocenters. The minimum Gasteiger partial charge on any atom is -0.327 e. The van der Waals surface area contributed by atoms with Gasteiger partial charge >= 0.3 is 0 Å². The first-order chi connectivity index (χ1) is 7.69. The van der Waals surface area contributed by atoms with Crippen LogP contribution in [-0.2, 0) is 5.54 Å². The van der Waals surface area contributed by atoms with E-state index in [9.17, 15) is 0 Å². The number of hydrogen-bond donors (Lipinski definition) is 1. The molecule has 1 aliphatic carbocycles. The Labute approximate surface area is 97.3 Å². The summed E-state index contributed by atoms with van der Waals surface area (Å²) in [5.41, 5.74) is 1.63. The van der Waals surface area contributed by atoms with Gasteiger partial charge in [0.2, 0.25) is 0 Å². The van der Waals surface area contributed by atoms with Crippen LogP contribution in [0.25, 0.3) is 0 Å². The highest BCUT2D eigenvalue weighted by Crippen LogP contribution is 2.45. The van der Waals surface area contributed by atoms with Gasteiger partial charge < -0.3 is 9.88 Å². The molecule has 16 heavy (non-hydrogen) atoms. The normalized spacial score (nSPS) is 26.2. The Balaban J connectivity index is 1.91. The van der Waals surface area contributed by atoms with Gasteiger partial charge in [0, 0.05) is 17.8 Å². The maximum atomic E-state index is 4.37. The largest absolute Gasteiger partial charge is 0.327 e. The van der Waals surface area contributed by atoms with Gasteiger partial charge in [0.25, 0.3) is 0 Å². The van der Waals surface area contributed by atoms with Gasteiger partial charge in [-0.15, -0.1) is 0 Å². The Hall–Kier alpha value is -0.830. The molecule has 3 rings (SSSR count). The summed E-state index contributed by atoms with van der Waals surface area (Å²) < 4.78 is 2.41. The molecule has 1 aromatic rings. The highest BCUT2D eigenvalue weighted by atomic mass is 15.1. The number of rotatable bonds is 3. The SMILES string of the molecule is CC(C)(C1CC1)n1cncc1C1CCCN1.